The molecule has 0 unspecified atom stereocenters. The largest absolute Gasteiger partial charge is 0.497 e. The van der Waals surface area contributed by atoms with Crippen molar-refractivity contribution in [3.63, 3.8) is 0 Å². The van der Waals surface area contributed by atoms with Crippen molar-refractivity contribution in [2.24, 2.45) is 0 Å². The van der Waals surface area contributed by atoms with E-state index in [1.807, 2.05) is 60.4 Å². The zero-order chi connectivity index (χ0) is 24.8. The fourth-order valence-electron chi connectivity index (χ4n) is 4.19. The van der Waals surface area contributed by atoms with Gasteiger partial charge in [-0.05, 0) is 54.4 Å². The summed E-state index contributed by atoms with van der Waals surface area (Å²) in [6.45, 7) is 4.98. The van der Waals surface area contributed by atoms with Crippen molar-refractivity contribution in [2.75, 3.05) is 50.6 Å². The molecule has 0 radical (unpaired) electrons. The van der Waals surface area contributed by atoms with Gasteiger partial charge < -0.3 is 24.6 Å². The van der Waals surface area contributed by atoms with Gasteiger partial charge in [-0.1, -0.05) is 24.3 Å². The molecule has 7 nitrogen and oxygen atoms in total. The van der Waals surface area contributed by atoms with Crippen LogP contribution in [0.3, 0.4) is 0 Å². The van der Waals surface area contributed by atoms with Gasteiger partial charge in [0.25, 0.3) is 5.91 Å². The molecule has 0 aromatic heterocycles. The van der Waals surface area contributed by atoms with E-state index in [-0.39, 0.29) is 11.8 Å². The minimum absolute atomic E-state index is 0.172. The number of piperazine rings is 1. The number of carbonyl (C=O) groups is 2. The quantitative estimate of drug-likeness (QED) is 0.558. The molecule has 0 atom stereocenters. The lowest BCUT2D eigenvalue weighted by molar-refractivity contribution is -0.130. The number of nitrogens with zero attached hydrogens (tertiary/aromatic N) is 2. The fourth-order valence-corrected chi connectivity index (χ4v) is 4.19. The molecule has 1 aliphatic rings. The van der Waals surface area contributed by atoms with Crippen LogP contribution >= 0.6 is 0 Å². The Hall–Kier alpha value is -4.00. The van der Waals surface area contributed by atoms with Crippen molar-refractivity contribution in [1.29, 1.82) is 0 Å². The predicted molar refractivity (Wildman–Crippen MR) is 138 cm³/mol. The van der Waals surface area contributed by atoms with Crippen LogP contribution in [0.25, 0.3) is 0 Å². The van der Waals surface area contributed by atoms with E-state index >= 15 is 0 Å². The average Bonchev–Trinajstić information content (AvgIpc) is 2.90. The van der Waals surface area contributed by atoms with Crippen molar-refractivity contribution in [2.45, 2.75) is 13.3 Å². The third kappa shape index (κ3) is 5.93. The van der Waals surface area contributed by atoms with E-state index in [0.29, 0.717) is 42.3 Å². The highest BCUT2D eigenvalue weighted by molar-refractivity contribution is 6.04. The molecule has 7 heteroatoms. The highest BCUT2D eigenvalue weighted by Gasteiger charge is 2.22. The zero-order valence-corrected chi connectivity index (χ0v) is 20.4. The van der Waals surface area contributed by atoms with E-state index in [9.17, 15) is 9.59 Å². The fraction of sp³-hybridized carbons (Fsp3) is 0.286. The van der Waals surface area contributed by atoms with Gasteiger partial charge in [0.1, 0.15) is 11.5 Å². The molecule has 1 fully saturated rings. The smallest absolute Gasteiger partial charge is 0.255 e. The SMILES string of the molecule is COc1cc(OC)cc(C(=O)Nc2ccc(N3CCN(C(=O)Cc4ccccc4C)CC3)cc2)c1. The van der Waals surface area contributed by atoms with Gasteiger partial charge in [-0.3, -0.25) is 9.59 Å². The van der Waals surface area contributed by atoms with Crippen LogP contribution in [0.5, 0.6) is 11.5 Å². The monoisotopic (exact) mass is 473 g/mol. The number of amides is 2. The Morgan fingerprint density at radius 3 is 2.09 bits per heavy atom. The molecule has 0 spiro atoms. The van der Waals surface area contributed by atoms with Crippen LogP contribution < -0.4 is 19.7 Å². The first-order chi connectivity index (χ1) is 17.0. The Labute approximate surface area is 206 Å². The summed E-state index contributed by atoms with van der Waals surface area (Å²) in [7, 11) is 3.10. The molecule has 2 amide bonds. The molecule has 3 aromatic carbocycles. The lowest BCUT2D eigenvalue weighted by Gasteiger charge is -2.36. The van der Waals surface area contributed by atoms with Gasteiger partial charge in [-0.2, -0.15) is 0 Å². The van der Waals surface area contributed by atoms with E-state index in [2.05, 4.69) is 10.2 Å². The number of anilines is 2. The van der Waals surface area contributed by atoms with E-state index < -0.39 is 0 Å². The second-order valence-corrected chi connectivity index (χ2v) is 8.57. The van der Waals surface area contributed by atoms with Crippen molar-refractivity contribution in [3.8, 4) is 11.5 Å². The van der Waals surface area contributed by atoms with Crippen molar-refractivity contribution in [1.82, 2.24) is 4.90 Å². The van der Waals surface area contributed by atoms with Crippen molar-refractivity contribution in [3.05, 3.63) is 83.4 Å². The molecule has 4 rings (SSSR count). The first-order valence-electron chi connectivity index (χ1n) is 11.7. The molecule has 1 aliphatic heterocycles. The molecule has 0 aliphatic carbocycles. The van der Waals surface area contributed by atoms with E-state index in [0.717, 1.165) is 29.9 Å². The first-order valence-corrected chi connectivity index (χ1v) is 11.7. The summed E-state index contributed by atoms with van der Waals surface area (Å²) in [5, 5.41) is 2.92. The Bertz CT molecular complexity index is 1160. The second-order valence-electron chi connectivity index (χ2n) is 8.57. The molecular formula is C28H31N3O4. The molecule has 0 saturated carbocycles. The Kier molecular flexibility index (Phi) is 7.55. The first kappa shape index (κ1) is 24.1. The van der Waals surface area contributed by atoms with Crippen LogP contribution in [0.2, 0.25) is 0 Å². The Morgan fingerprint density at radius 2 is 1.49 bits per heavy atom. The summed E-state index contributed by atoms with van der Waals surface area (Å²) in [6, 6.07) is 20.9. The number of ether oxygens (including phenoxy) is 2. The average molecular weight is 474 g/mol. The summed E-state index contributed by atoms with van der Waals surface area (Å²) < 4.78 is 10.5. The number of nitrogens with one attached hydrogen (secondary N) is 1. The molecule has 3 aromatic rings. The minimum atomic E-state index is -0.240. The summed E-state index contributed by atoms with van der Waals surface area (Å²) >= 11 is 0. The normalized spacial score (nSPS) is 13.3. The van der Waals surface area contributed by atoms with Crippen LogP contribution in [-0.4, -0.2) is 57.1 Å². The number of benzene rings is 3. The third-order valence-electron chi connectivity index (χ3n) is 6.34. The van der Waals surface area contributed by atoms with Gasteiger partial charge in [0.2, 0.25) is 5.91 Å². The van der Waals surface area contributed by atoms with Gasteiger partial charge in [-0.15, -0.1) is 0 Å². The number of hydrogen-bond acceptors (Lipinski definition) is 5. The number of methoxy groups -OCH3 is 2. The summed E-state index contributed by atoms with van der Waals surface area (Å²) in [5.41, 5.74) is 4.46. The van der Waals surface area contributed by atoms with Gasteiger partial charge in [0.05, 0.1) is 20.6 Å². The highest BCUT2D eigenvalue weighted by Crippen LogP contribution is 2.24. The maximum absolute atomic E-state index is 12.8. The van der Waals surface area contributed by atoms with Gasteiger partial charge in [-0.25, -0.2) is 0 Å². The van der Waals surface area contributed by atoms with E-state index in [4.69, 9.17) is 9.47 Å². The van der Waals surface area contributed by atoms with E-state index in [1.165, 1.54) is 0 Å². The van der Waals surface area contributed by atoms with Crippen molar-refractivity contribution < 1.29 is 19.1 Å². The highest BCUT2D eigenvalue weighted by atomic mass is 16.5. The topological polar surface area (TPSA) is 71.1 Å². The summed E-state index contributed by atoms with van der Waals surface area (Å²) in [5.74, 6) is 1.05. The Morgan fingerprint density at radius 1 is 0.857 bits per heavy atom. The maximum Gasteiger partial charge on any atom is 0.255 e. The summed E-state index contributed by atoms with van der Waals surface area (Å²) in [4.78, 5) is 29.7. The van der Waals surface area contributed by atoms with Crippen LogP contribution in [-0.2, 0) is 11.2 Å². The standard InChI is InChI=1S/C28H31N3O4/c1-20-6-4-5-7-21(20)18-27(32)31-14-12-30(13-15-31)24-10-8-23(9-11-24)29-28(33)22-16-25(34-2)19-26(17-22)35-3/h4-11,16-17,19H,12-15,18H2,1-3H3,(H,29,33). The predicted octanol–water partition coefficient (Wildman–Crippen LogP) is 4.16. The molecule has 35 heavy (non-hydrogen) atoms. The Balaban J connectivity index is 1.32. The number of rotatable bonds is 7. The van der Waals surface area contributed by atoms with Crippen LogP contribution in [0.15, 0.2) is 66.7 Å². The maximum atomic E-state index is 12.8. The van der Waals surface area contributed by atoms with E-state index in [1.54, 1.807) is 32.4 Å². The molecule has 1 N–H and O–H groups in total. The molecular weight excluding hydrogens is 442 g/mol. The van der Waals surface area contributed by atoms with Crippen LogP contribution in [0.1, 0.15) is 21.5 Å². The second kappa shape index (κ2) is 11.0. The lowest BCUT2D eigenvalue weighted by atomic mass is 10.1. The van der Waals surface area contributed by atoms with Crippen LogP contribution in [0, 0.1) is 6.92 Å². The van der Waals surface area contributed by atoms with Crippen molar-refractivity contribution >= 4 is 23.2 Å². The van der Waals surface area contributed by atoms with Gasteiger partial charge >= 0.3 is 0 Å². The molecule has 1 saturated heterocycles. The molecule has 1 heterocycles. The van der Waals surface area contributed by atoms with Gasteiger partial charge in [0.15, 0.2) is 0 Å². The van der Waals surface area contributed by atoms with Gasteiger partial charge in [0, 0.05) is 49.2 Å². The summed E-state index contributed by atoms with van der Waals surface area (Å²) in [6.07, 6.45) is 0.445. The number of aryl methyl sites for hydroxylation is 1. The number of hydrogen-bond donors (Lipinski definition) is 1. The number of carbonyl (C=O) groups excluding carboxylic acids is 2. The zero-order valence-electron chi connectivity index (χ0n) is 20.4. The molecule has 0 bridgehead atoms. The molecule has 182 valence electrons. The third-order valence-corrected chi connectivity index (χ3v) is 6.34. The lowest BCUT2D eigenvalue weighted by Crippen LogP contribution is -2.49. The minimum Gasteiger partial charge on any atom is -0.497 e. The van der Waals surface area contributed by atoms with Crippen LogP contribution in [0.4, 0.5) is 11.4 Å².